The van der Waals surface area contributed by atoms with Crippen LogP contribution in [-0.4, -0.2) is 49.4 Å². The van der Waals surface area contributed by atoms with Gasteiger partial charge in [0.1, 0.15) is 0 Å². The van der Waals surface area contributed by atoms with Gasteiger partial charge in [0.25, 0.3) is 0 Å². The Labute approximate surface area is 191 Å². The fourth-order valence-electron chi connectivity index (χ4n) is 3.03. The number of hydrogen-bond donors (Lipinski definition) is 2. The van der Waals surface area contributed by atoms with Gasteiger partial charge in [0.05, 0.1) is 26.4 Å². The summed E-state index contributed by atoms with van der Waals surface area (Å²) in [4.78, 5) is 4.76. The van der Waals surface area contributed by atoms with Gasteiger partial charge >= 0.3 is 0 Å². The summed E-state index contributed by atoms with van der Waals surface area (Å²) in [6.45, 7) is 11.5. The van der Waals surface area contributed by atoms with Crippen LogP contribution in [0.3, 0.4) is 0 Å². The van der Waals surface area contributed by atoms with Crippen LogP contribution in [0.4, 0.5) is 0 Å². The molecule has 160 valence electrons. The third-order valence-corrected chi connectivity index (χ3v) is 6.07. The molecule has 2 N–H and O–H groups in total. The zero-order valence-electron chi connectivity index (χ0n) is 17.5. The van der Waals surface area contributed by atoms with Crippen LogP contribution in [-0.2, 0) is 22.6 Å². The lowest BCUT2D eigenvalue weighted by Crippen LogP contribution is -2.43. The monoisotopic (exact) mass is 521 g/mol. The number of halogens is 1. The summed E-state index contributed by atoms with van der Waals surface area (Å²) in [6.07, 6.45) is 2.59. The molecule has 0 bridgehead atoms. The van der Waals surface area contributed by atoms with E-state index in [4.69, 9.17) is 14.5 Å². The molecule has 7 heteroatoms. The van der Waals surface area contributed by atoms with Crippen LogP contribution < -0.4 is 10.6 Å². The predicted molar refractivity (Wildman–Crippen MR) is 131 cm³/mol. The van der Waals surface area contributed by atoms with E-state index < -0.39 is 0 Å². The summed E-state index contributed by atoms with van der Waals surface area (Å²) in [6, 6.07) is 8.45. The number of thioether (sulfide) groups is 1. The second-order valence-electron chi connectivity index (χ2n) is 7.02. The maximum atomic E-state index is 5.66. The second-order valence-corrected chi connectivity index (χ2v) is 8.70. The average molecular weight is 522 g/mol. The maximum Gasteiger partial charge on any atom is 0.191 e. The topological polar surface area (TPSA) is 54.9 Å². The molecule has 1 fully saturated rings. The third kappa shape index (κ3) is 9.80. The van der Waals surface area contributed by atoms with Gasteiger partial charge < -0.3 is 20.1 Å². The van der Waals surface area contributed by atoms with Gasteiger partial charge in [-0.2, -0.15) is 11.8 Å². The van der Waals surface area contributed by atoms with E-state index in [0.717, 1.165) is 25.7 Å². The Balaban J connectivity index is 0.00000392. The summed E-state index contributed by atoms with van der Waals surface area (Å²) < 4.78 is 11.3. The lowest BCUT2D eigenvalue weighted by Gasteiger charge is -2.24. The molecule has 0 spiro atoms. The first-order valence-corrected chi connectivity index (χ1v) is 11.0. The van der Waals surface area contributed by atoms with Crippen molar-refractivity contribution in [2.75, 3.05) is 38.7 Å². The van der Waals surface area contributed by atoms with Crippen molar-refractivity contribution in [2.45, 2.75) is 51.5 Å². The summed E-state index contributed by atoms with van der Waals surface area (Å²) in [7, 11) is 0. The molecule has 0 amide bonds. The Morgan fingerprint density at radius 1 is 1.18 bits per heavy atom. The highest BCUT2D eigenvalue weighted by atomic mass is 127. The summed E-state index contributed by atoms with van der Waals surface area (Å²) in [5.74, 6) is 2.16. The van der Waals surface area contributed by atoms with E-state index in [0.29, 0.717) is 31.1 Å². The van der Waals surface area contributed by atoms with E-state index in [2.05, 4.69) is 60.5 Å². The first-order chi connectivity index (χ1) is 13.1. The van der Waals surface area contributed by atoms with Gasteiger partial charge in [0.15, 0.2) is 5.96 Å². The fraction of sp³-hybridized carbons (Fsp3) is 0.667. The van der Waals surface area contributed by atoms with Crippen LogP contribution >= 0.6 is 35.7 Å². The number of nitrogens with one attached hydrogen (secondary N) is 2. The Kier molecular flexibility index (Phi) is 13.2. The number of nitrogens with zero attached hydrogens (tertiary/aromatic N) is 1. The number of hydrogen-bond acceptors (Lipinski definition) is 4. The molecule has 1 aromatic rings. The van der Waals surface area contributed by atoms with Gasteiger partial charge in [0, 0.05) is 24.4 Å². The highest BCUT2D eigenvalue weighted by Gasteiger charge is 2.29. The van der Waals surface area contributed by atoms with E-state index in [-0.39, 0.29) is 24.0 Å². The Bertz CT molecular complexity index is 581. The molecular formula is C21H36IN3O2S. The van der Waals surface area contributed by atoms with Gasteiger partial charge in [0.2, 0.25) is 0 Å². The molecule has 0 saturated carbocycles. The smallest absolute Gasteiger partial charge is 0.191 e. The van der Waals surface area contributed by atoms with E-state index in [1.807, 2.05) is 6.92 Å². The molecule has 1 saturated heterocycles. The summed E-state index contributed by atoms with van der Waals surface area (Å²) in [5, 5.41) is 6.87. The first-order valence-electron chi connectivity index (χ1n) is 10.0. The highest BCUT2D eigenvalue weighted by Crippen LogP contribution is 2.36. The van der Waals surface area contributed by atoms with Crippen molar-refractivity contribution in [3.63, 3.8) is 0 Å². The van der Waals surface area contributed by atoms with Crippen molar-refractivity contribution < 1.29 is 9.47 Å². The molecule has 2 rings (SSSR count). The molecule has 0 radical (unpaired) electrons. The number of benzene rings is 1. The summed E-state index contributed by atoms with van der Waals surface area (Å²) in [5.41, 5.74) is 2.37. The van der Waals surface area contributed by atoms with Gasteiger partial charge in [-0.1, -0.05) is 24.3 Å². The van der Waals surface area contributed by atoms with Crippen molar-refractivity contribution in [3.8, 4) is 0 Å². The molecule has 28 heavy (non-hydrogen) atoms. The minimum atomic E-state index is 0. The minimum absolute atomic E-state index is 0. The molecule has 0 aliphatic carbocycles. The molecule has 1 atom stereocenters. The van der Waals surface area contributed by atoms with Gasteiger partial charge in [-0.05, 0) is 50.5 Å². The molecule has 1 aliphatic rings. The van der Waals surface area contributed by atoms with Gasteiger partial charge in [-0.25, -0.2) is 4.99 Å². The standard InChI is InChI=1S/C21H35N3O2S.HI/c1-4-22-20(24-17-21(3)10-7-13-27-21)23-15-18-8-6-9-19(14-18)16-26-12-11-25-5-2;/h6,8-9,14H,4-5,7,10-13,15-17H2,1-3H3,(H2,22,23,24);1H. The lowest BCUT2D eigenvalue weighted by molar-refractivity contribution is 0.0453. The van der Waals surface area contributed by atoms with Crippen LogP contribution in [0.5, 0.6) is 0 Å². The molecular weight excluding hydrogens is 485 g/mol. The van der Waals surface area contributed by atoms with Crippen molar-refractivity contribution in [1.82, 2.24) is 10.6 Å². The number of aliphatic imine (C=N–C) groups is 1. The lowest BCUT2D eigenvalue weighted by atomic mass is 10.1. The quantitative estimate of drug-likeness (QED) is 0.198. The van der Waals surface area contributed by atoms with Crippen molar-refractivity contribution >= 4 is 41.7 Å². The Morgan fingerprint density at radius 3 is 2.68 bits per heavy atom. The van der Waals surface area contributed by atoms with Gasteiger partial charge in [-0.3, -0.25) is 0 Å². The van der Waals surface area contributed by atoms with Crippen LogP contribution in [0.1, 0.15) is 44.7 Å². The Morgan fingerprint density at radius 2 is 1.96 bits per heavy atom. The Hall–Kier alpha value is -0.510. The SMILES string of the molecule is CCNC(=NCc1cccc(COCCOCC)c1)NCC1(C)CCCS1.I. The normalized spacial score (nSPS) is 19.3. The predicted octanol–water partition coefficient (Wildman–Crippen LogP) is 4.20. The first kappa shape index (κ1) is 25.5. The van der Waals surface area contributed by atoms with Crippen LogP contribution in [0.2, 0.25) is 0 Å². The summed E-state index contributed by atoms with van der Waals surface area (Å²) >= 11 is 2.07. The van der Waals surface area contributed by atoms with E-state index >= 15 is 0 Å². The average Bonchev–Trinajstić information content (AvgIpc) is 3.11. The fourth-order valence-corrected chi connectivity index (χ4v) is 4.27. The second kappa shape index (κ2) is 14.5. The largest absolute Gasteiger partial charge is 0.379 e. The molecule has 5 nitrogen and oxygen atoms in total. The number of ether oxygens (including phenoxy) is 2. The van der Waals surface area contributed by atoms with E-state index in [1.54, 1.807) is 0 Å². The van der Waals surface area contributed by atoms with Crippen LogP contribution in [0.15, 0.2) is 29.3 Å². The zero-order chi connectivity index (χ0) is 19.4. The molecule has 1 aromatic carbocycles. The van der Waals surface area contributed by atoms with Crippen LogP contribution in [0, 0.1) is 0 Å². The van der Waals surface area contributed by atoms with Crippen molar-refractivity contribution in [3.05, 3.63) is 35.4 Å². The van der Waals surface area contributed by atoms with E-state index in [9.17, 15) is 0 Å². The maximum absolute atomic E-state index is 5.66. The van der Waals surface area contributed by atoms with Crippen molar-refractivity contribution in [1.29, 1.82) is 0 Å². The molecule has 1 aliphatic heterocycles. The number of rotatable bonds is 11. The van der Waals surface area contributed by atoms with Crippen molar-refractivity contribution in [2.24, 2.45) is 4.99 Å². The highest BCUT2D eigenvalue weighted by molar-refractivity contribution is 14.0. The molecule has 1 unspecified atom stereocenters. The minimum Gasteiger partial charge on any atom is -0.379 e. The zero-order valence-corrected chi connectivity index (χ0v) is 20.6. The molecule has 1 heterocycles. The van der Waals surface area contributed by atoms with E-state index in [1.165, 1.54) is 29.7 Å². The van der Waals surface area contributed by atoms with Gasteiger partial charge in [-0.15, -0.1) is 24.0 Å². The van der Waals surface area contributed by atoms with Crippen LogP contribution in [0.25, 0.3) is 0 Å². The number of guanidine groups is 1. The third-order valence-electron chi connectivity index (χ3n) is 4.53. The molecule has 0 aromatic heterocycles.